The van der Waals surface area contributed by atoms with Crippen LogP contribution in [0.1, 0.15) is 73.1 Å². The Morgan fingerprint density at radius 3 is 2.00 bits per heavy atom. The lowest BCUT2D eigenvalue weighted by molar-refractivity contribution is -0.140. The van der Waals surface area contributed by atoms with Crippen molar-refractivity contribution in [3.63, 3.8) is 0 Å². The van der Waals surface area contributed by atoms with Gasteiger partial charge in [-0.25, -0.2) is 9.97 Å². The molecule has 0 saturated carbocycles. The summed E-state index contributed by atoms with van der Waals surface area (Å²) in [6, 6.07) is 17.9. The Bertz CT molecular complexity index is 1520. The largest absolute Gasteiger partial charge is 0.480 e. The fraction of sp³-hybridized carbons (Fsp3) is 0.353. The highest BCUT2D eigenvalue weighted by atomic mass is 32.1. The van der Waals surface area contributed by atoms with Crippen molar-refractivity contribution in [3.05, 3.63) is 93.9 Å². The fourth-order valence-electron chi connectivity index (χ4n) is 4.52. The molecule has 0 spiro atoms. The zero-order chi connectivity index (χ0) is 31.3. The van der Waals surface area contributed by atoms with Crippen LogP contribution in [0.15, 0.2) is 73.1 Å². The van der Waals surface area contributed by atoms with E-state index in [1.807, 2.05) is 42.7 Å². The number of rotatable bonds is 11. The van der Waals surface area contributed by atoms with Crippen LogP contribution in [-0.2, 0) is 16.6 Å². The summed E-state index contributed by atoms with van der Waals surface area (Å²) in [4.78, 5) is 35.3. The van der Waals surface area contributed by atoms with Gasteiger partial charge in [0, 0.05) is 28.4 Å². The van der Waals surface area contributed by atoms with Gasteiger partial charge in [-0.15, -0.1) is 11.3 Å². The lowest BCUT2D eigenvalue weighted by Crippen LogP contribution is -2.54. The van der Waals surface area contributed by atoms with E-state index in [4.69, 9.17) is 0 Å². The first-order valence-corrected chi connectivity index (χ1v) is 15.2. The first-order chi connectivity index (χ1) is 20.3. The van der Waals surface area contributed by atoms with Crippen LogP contribution in [0, 0.1) is 0 Å². The number of aromatic nitrogens is 2. The second-order valence-electron chi connectivity index (χ2n) is 12.1. The minimum absolute atomic E-state index is 0.0918. The Kier molecular flexibility index (Phi) is 10.1. The van der Waals surface area contributed by atoms with Gasteiger partial charge in [0.1, 0.15) is 12.3 Å². The van der Waals surface area contributed by atoms with Gasteiger partial charge in [0.25, 0.3) is 5.91 Å². The normalized spacial score (nSPS) is 13.9. The van der Waals surface area contributed by atoms with Crippen molar-refractivity contribution < 1.29 is 19.8 Å². The van der Waals surface area contributed by atoms with Crippen LogP contribution in [-0.4, -0.2) is 50.4 Å². The van der Waals surface area contributed by atoms with Gasteiger partial charge in [-0.05, 0) is 53.5 Å². The highest BCUT2D eigenvalue weighted by Crippen LogP contribution is 2.29. The summed E-state index contributed by atoms with van der Waals surface area (Å²) in [5.41, 5.74) is 4.86. The molecule has 0 bridgehead atoms. The number of aliphatic carboxylic acids is 1. The van der Waals surface area contributed by atoms with Crippen LogP contribution in [0.5, 0.6) is 0 Å². The van der Waals surface area contributed by atoms with Crippen molar-refractivity contribution in [2.75, 3.05) is 0 Å². The van der Waals surface area contributed by atoms with Crippen LogP contribution in [0.25, 0.3) is 22.5 Å². The van der Waals surface area contributed by atoms with E-state index in [1.165, 1.54) is 23.8 Å². The molecule has 4 aromatic rings. The number of benzene rings is 2. The lowest BCUT2D eigenvalue weighted by Gasteiger charge is -2.26. The molecule has 3 atom stereocenters. The molecule has 4 rings (SSSR count). The van der Waals surface area contributed by atoms with E-state index in [9.17, 15) is 19.8 Å². The first kappa shape index (κ1) is 32.0. The number of nitrogens with zero attached hydrogens (tertiary/aromatic N) is 2. The average molecular weight is 601 g/mol. The van der Waals surface area contributed by atoms with Crippen molar-refractivity contribution >= 4 is 23.2 Å². The maximum Gasteiger partial charge on any atom is 0.320 e. The molecule has 1 amide bonds. The SMILES string of the molecule is CC(C)c1ccc(-c2cnc(-c3ccc(C[C@H](NC(=O)c4ccc(C(C)(C)C)s4)C(O)N[C@H](C)C(=O)O)cc3)nc2)cc1. The number of nitrogens with one attached hydrogen (secondary N) is 2. The van der Waals surface area contributed by atoms with Crippen LogP contribution in [0.3, 0.4) is 0 Å². The molecule has 0 fully saturated rings. The van der Waals surface area contributed by atoms with Crippen molar-refractivity contribution in [2.24, 2.45) is 0 Å². The molecule has 2 heterocycles. The van der Waals surface area contributed by atoms with Gasteiger partial charge in [0.05, 0.1) is 10.9 Å². The number of aliphatic hydroxyl groups is 1. The van der Waals surface area contributed by atoms with Gasteiger partial charge >= 0.3 is 5.97 Å². The van der Waals surface area contributed by atoms with Gasteiger partial charge in [0.2, 0.25) is 0 Å². The molecule has 0 radical (unpaired) electrons. The van der Waals surface area contributed by atoms with Crippen LogP contribution >= 0.6 is 11.3 Å². The summed E-state index contributed by atoms with van der Waals surface area (Å²) < 4.78 is 0. The highest BCUT2D eigenvalue weighted by Gasteiger charge is 2.27. The first-order valence-electron chi connectivity index (χ1n) is 14.4. The highest BCUT2D eigenvalue weighted by molar-refractivity contribution is 7.14. The van der Waals surface area contributed by atoms with Crippen molar-refractivity contribution in [1.82, 2.24) is 20.6 Å². The zero-order valence-electron chi connectivity index (χ0n) is 25.5. The molecule has 2 aromatic heterocycles. The van der Waals surface area contributed by atoms with Gasteiger partial charge < -0.3 is 15.5 Å². The third-order valence-electron chi connectivity index (χ3n) is 7.29. The monoisotopic (exact) mass is 600 g/mol. The molecular formula is C34H40N4O4S. The summed E-state index contributed by atoms with van der Waals surface area (Å²) in [6.45, 7) is 12.0. The van der Waals surface area contributed by atoms with Crippen LogP contribution in [0.2, 0.25) is 0 Å². The maximum absolute atomic E-state index is 13.2. The maximum atomic E-state index is 13.2. The summed E-state index contributed by atoms with van der Waals surface area (Å²) in [5, 5.41) is 25.8. The second kappa shape index (κ2) is 13.6. The molecule has 0 aliphatic carbocycles. The number of carbonyl (C=O) groups is 2. The molecule has 4 N–H and O–H groups in total. The van der Waals surface area contributed by atoms with E-state index in [0.29, 0.717) is 16.6 Å². The Morgan fingerprint density at radius 1 is 0.860 bits per heavy atom. The topological polar surface area (TPSA) is 124 Å². The number of carboxylic acids is 1. The molecule has 1 unspecified atom stereocenters. The summed E-state index contributed by atoms with van der Waals surface area (Å²) in [6.07, 6.45) is 2.61. The van der Waals surface area contributed by atoms with Crippen molar-refractivity contribution in [2.45, 2.75) is 77.6 Å². The molecular weight excluding hydrogens is 560 g/mol. The predicted molar refractivity (Wildman–Crippen MR) is 171 cm³/mol. The van der Waals surface area contributed by atoms with Crippen molar-refractivity contribution in [3.8, 4) is 22.5 Å². The molecule has 2 aromatic carbocycles. The quantitative estimate of drug-likeness (QED) is 0.155. The minimum atomic E-state index is -1.29. The van der Waals surface area contributed by atoms with E-state index >= 15 is 0 Å². The second-order valence-corrected chi connectivity index (χ2v) is 13.2. The number of hydrogen-bond donors (Lipinski definition) is 4. The molecule has 226 valence electrons. The average Bonchev–Trinajstić information content (AvgIpc) is 3.49. The van der Waals surface area contributed by atoms with Gasteiger partial charge in [-0.3, -0.25) is 14.9 Å². The lowest BCUT2D eigenvalue weighted by atomic mass is 9.95. The fourth-order valence-corrected chi connectivity index (χ4v) is 5.49. The number of carbonyl (C=O) groups excluding carboxylic acids is 1. The Labute approximate surface area is 257 Å². The van der Waals surface area contributed by atoms with Crippen LogP contribution in [0.4, 0.5) is 0 Å². The van der Waals surface area contributed by atoms with E-state index in [2.05, 4.69) is 79.5 Å². The summed E-state index contributed by atoms with van der Waals surface area (Å²) >= 11 is 1.41. The van der Waals surface area contributed by atoms with Gasteiger partial charge in [-0.1, -0.05) is 83.1 Å². The van der Waals surface area contributed by atoms with Crippen LogP contribution < -0.4 is 10.6 Å². The molecule has 0 aliphatic rings. The summed E-state index contributed by atoms with van der Waals surface area (Å²) in [7, 11) is 0. The third kappa shape index (κ3) is 8.34. The van der Waals surface area contributed by atoms with E-state index in [1.54, 1.807) is 6.07 Å². The molecule has 0 aliphatic heterocycles. The zero-order valence-corrected chi connectivity index (χ0v) is 26.3. The molecule has 0 saturated heterocycles. The number of amides is 1. The molecule has 43 heavy (non-hydrogen) atoms. The van der Waals surface area contributed by atoms with Crippen molar-refractivity contribution in [1.29, 1.82) is 0 Å². The molecule has 9 heteroatoms. The number of carboxylic acid groups (broad SMARTS) is 1. The van der Waals surface area contributed by atoms with E-state index < -0.39 is 24.3 Å². The summed E-state index contributed by atoms with van der Waals surface area (Å²) in [5.74, 6) is -0.362. The number of aliphatic hydroxyl groups excluding tert-OH is 1. The third-order valence-corrected chi connectivity index (χ3v) is 8.80. The Balaban J connectivity index is 1.48. The number of hydrogen-bond acceptors (Lipinski definition) is 7. The smallest absolute Gasteiger partial charge is 0.320 e. The Hall–Kier alpha value is -3.92. The minimum Gasteiger partial charge on any atom is -0.480 e. The van der Waals surface area contributed by atoms with E-state index in [-0.39, 0.29) is 17.7 Å². The van der Waals surface area contributed by atoms with Gasteiger partial charge in [0.15, 0.2) is 5.82 Å². The van der Waals surface area contributed by atoms with Gasteiger partial charge in [-0.2, -0.15) is 0 Å². The standard InChI is InChI=1S/C34H40N4O4S/c1-20(2)23-11-13-24(14-12-23)26-18-35-30(36-19-26)25-9-7-22(8-10-25)17-27(31(39)37-21(3)33(41)42)38-32(40)28-15-16-29(43-28)34(4,5)6/h7-16,18-21,27,31,37,39H,17H2,1-6H3,(H,38,40)(H,41,42)/t21-,27+,31?/m1/s1. The predicted octanol–water partition coefficient (Wildman–Crippen LogP) is 6.02. The molecule has 8 nitrogen and oxygen atoms in total. The Morgan fingerprint density at radius 2 is 1.47 bits per heavy atom. The number of thiophene rings is 1. The van der Waals surface area contributed by atoms with E-state index in [0.717, 1.165) is 27.1 Å².